The van der Waals surface area contributed by atoms with Crippen molar-refractivity contribution in [1.82, 2.24) is 4.57 Å². The quantitative estimate of drug-likeness (QED) is 0.148. The molecule has 2 aromatic heterocycles. The summed E-state index contributed by atoms with van der Waals surface area (Å²) in [6.07, 6.45) is 0. The fourth-order valence-electron chi connectivity index (χ4n) is 8.06. The van der Waals surface area contributed by atoms with Gasteiger partial charge in [-0.2, -0.15) is 0 Å². The monoisotopic (exact) mass is 842 g/mol. The number of benzene rings is 10. The molecule has 0 bridgehead atoms. The fraction of sp³-hybridized carbons (Fsp3) is 0. The van der Waals surface area contributed by atoms with Crippen LogP contribution in [-0.2, 0) is 0 Å². The number of aromatic nitrogens is 1. The van der Waals surface area contributed by atoms with Crippen LogP contribution < -0.4 is 4.90 Å². The highest BCUT2D eigenvalue weighted by Crippen LogP contribution is 2.48. The van der Waals surface area contributed by atoms with Crippen LogP contribution in [0.25, 0.3) is 92.2 Å². The van der Waals surface area contributed by atoms with E-state index in [0.717, 1.165) is 37.1 Å². The summed E-state index contributed by atoms with van der Waals surface area (Å²) < 4.78 is 204. The lowest BCUT2D eigenvalue weighted by Crippen LogP contribution is -2.11. The van der Waals surface area contributed by atoms with E-state index < -0.39 is 178 Å². The minimum Gasteiger partial charge on any atom is -0.310 e. The van der Waals surface area contributed by atoms with Gasteiger partial charge in [0.1, 0.15) is 0 Å². The maximum absolute atomic E-state index is 10.2. The number of hydrogen-bond acceptors (Lipinski definition) is 2. The molecule has 3 heteroatoms. The van der Waals surface area contributed by atoms with Crippen LogP contribution >= 0.6 is 11.3 Å². The van der Waals surface area contributed by atoms with Crippen LogP contribution in [0.4, 0.5) is 17.1 Å². The van der Waals surface area contributed by atoms with E-state index in [0.29, 0.717) is 26.6 Å². The predicted molar refractivity (Wildman–Crippen MR) is 270 cm³/mol. The van der Waals surface area contributed by atoms with E-state index in [1.165, 1.54) is 11.3 Å². The van der Waals surface area contributed by atoms with Gasteiger partial charge in [-0.3, -0.25) is 0 Å². The normalized spacial score (nSPS) is 16.4. The molecule has 12 rings (SSSR count). The number of hydrogen-bond donors (Lipinski definition) is 0. The average molecular weight is 843 g/mol. The number of para-hydroxylation sites is 2. The van der Waals surface area contributed by atoms with E-state index in [4.69, 9.17) is 17.8 Å². The Bertz CT molecular complexity index is 4770. The van der Waals surface area contributed by atoms with E-state index >= 15 is 0 Å². The molecule has 0 fully saturated rings. The Hall–Kier alpha value is -7.98. The van der Waals surface area contributed by atoms with Crippen molar-refractivity contribution in [1.29, 1.82) is 0 Å². The number of anilines is 3. The summed E-state index contributed by atoms with van der Waals surface area (Å²) >= 11 is 1.42. The molecule has 0 saturated carbocycles. The van der Waals surface area contributed by atoms with E-state index in [9.17, 15) is 12.3 Å². The second-order valence-corrected chi connectivity index (χ2v) is 15.5. The molecular weight excluding hydrogens is 781 g/mol. The van der Waals surface area contributed by atoms with Crippen LogP contribution in [0.2, 0.25) is 0 Å². The standard InChI is InChI=1S/C60H40N2S/c1-4-16-41(17-5-1)43-28-33-47(34-29-43)61(58-37-32-46(42-18-6-2-7-19-42)38-53(58)44-20-8-3-9-21-44)49-39-54(60-55(40-49)52-24-12-15-27-59(52)63-60)45-30-35-48(36-31-45)62-56-25-13-10-22-50(56)51-23-11-14-26-57(51)62/h1-40H/i1D,2D,3D,4D,5D,6D,7D,8D,9D,16D,17D,18D,19D,20D,21D,28D,29D,32D,33D,34D,37D,38D. The van der Waals surface area contributed by atoms with Crippen molar-refractivity contribution in [2.45, 2.75) is 0 Å². The number of fused-ring (bicyclic) bond motifs is 6. The molecule has 0 atom stereocenters. The van der Waals surface area contributed by atoms with Gasteiger partial charge in [-0.05, 0) is 100 Å². The molecule has 0 N–H and O–H groups in total. The van der Waals surface area contributed by atoms with E-state index in [1.807, 2.05) is 91.0 Å². The largest absolute Gasteiger partial charge is 0.310 e. The van der Waals surface area contributed by atoms with Gasteiger partial charge in [0, 0.05) is 59.1 Å². The fourth-order valence-corrected chi connectivity index (χ4v) is 9.28. The molecular formula is C60H40N2S. The third-order valence-corrected chi connectivity index (χ3v) is 12.1. The van der Waals surface area contributed by atoms with E-state index in [2.05, 4.69) is 4.57 Å². The summed E-state index contributed by atoms with van der Waals surface area (Å²) in [5.41, 5.74) is -2.31. The average Bonchev–Trinajstić information content (AvgIpc) is 1.14. The lowest BCUT2D eigenvalue weighted by Gasteiger charge is -2.29. The Morgan fingerprint density at radius 2 is 0.937 bits per heavy atom. The molecule has 63 heavy (non-hydrogen) atoms. The molecule has 0 spiro atoms. The number of rotatable bonds is 8. The first-order chi connectivity index (χ1) is 40.4. The first-order valence-corrected chi connectivity index (χ1v) is 20.5. The summed E-state index contributed by atoms with van der Waals surface area (Å²) in [5.74, 6) is 0. The van der Waals surface area contributed by atoms with Crippen LogP contribution in [0.5, 0.6) is 0 Å². The zero-order chi connectivity index (χ0) is 60.8. The van der Waals surface area contributed by atoms with Gasteiger partial charge in [0.2, 0.25) is 0 Å². The topological polar surface area (TPSA) is 8.17 Å². The second-order valence-electron chi connectivity index (χ2n) is 14.4. The highest BCUT2D eigenvalue weighted by molar-refractivity contribution is 7.26. The minimum atomic E-state index is -1.00. The Balaban J connectivity index is 1.25. The van der Waals surface area contributed by atoms with Gasteiger partial charge in [0.05, 0.1) is 46.9 Å². The van der Waals surface area contributed by atoms with Gasteiger partial charge < -0.3 is 9.47 Å². The van der Waals surface area contributed by atoms with Crippen molar-refractivity contribution in [3.63, 3.8) is 0 Å². The van der Waals surface area contributed by atoms with Crippen molar-refractivity contribution in [2.75, 3.05) is 4.90 Å². The molecule has 10 aromatic carbocycles. The van der Waals surface area contributed by atoms with Crippen molar-refractivity contribution in [2.24, 2.45) is 0 Å². The molecule has 0 aliphatic carbocycles. The van der Waals surface area contributed by atoms with Gasteiger partial charge in [-0.25, -0.2) is 0 Å². The third-order valence-electron chi connectivity index (χ3n) is 10.8. The maximum atomic E-state index is 10.2. The molecule has 2 nitrogen and oxygen atoms in total. The third kappa shape index (κ3) is 6.50. The van der Waals surface area contributed by atoms with Crippen molar-refractivity contribution in [3.05, 3.63) is 242 Å². The van der Waals surface area contributed by atoms with Gasteiger partial charge in [-0.1, -0.05) is 175 Å². The molecule has 2 heterocycles. The maximum Gasteiger partial charge on any atom is 0.0645 e. The Kier molecular flexibility index (Phi) is 5.09. The van der Waals surface area contributed by atoms with Crippen LogP contribution in [0.1, 0.15) is 30.2 Å². The lowest BCUT2D eigenvalue weighted by atomic mass is 9.95. The van der Waals surface area contributed by atoms with Crippen LogP contribution in [-0.4, -0.2) is 4.57 Å². The molecule has 0 unspecified atom stereocenters. The van der Waals surface area contributed by atoms with Crippen molar-refractivity contribution in [3.8, 4) is 50.2 Å². The first-order valence-electron chi connectivity index (χ1n) is 30.7. The van der Waals surface area contributed by atoms with Gasteiger partial charge >= 0.3 is 0 Å². The lowest BCUT2D eigenvalue weighted by molar-refractivity contribution is 1.18. The molecule has 0 amide bonds. The number of thiophene rings is 1. The van der Waals surface area contributed by atoms with Crippen molar-refractivity contribution >= 4 is 70.4 Å². The summed E-state index contributed by atoms with van der Waals surface area (Å²) in [6, 6.07) is 14.1. The van der Waals surface area contributed by atoms with Crippen LogP contribution in [0.15, 0.2) is 242 Å². The van der Waals surface area contributed by atoms with Crippen molar-refractivity contribution < 1.29 is 30.2 Å². The summed E-state index contributed by atoms with van der Waals surface area (Å²) in [5, 5.41) is 3.27. The van der Waals surface area contributed by atoms with Gasteiger partial charge in [-0.15, -0.1) is 11.3 Å². The SMILES string of the molecule is [2H]c1c([2H])c([2H])c(-c2c([2H])c([2H])c(N(c3cc(-c4ccc(-n5c6ccccc6c6ccccc65)cc4)c4sc5ccccc5c4c3)c3c([2H])c([2H])c(-c4c([2H])c([2H])c([2H])c([2H])c4[2H])c([2H])c3-c3c([2H])c([2H])c([2H])c([2H])c3[2H])c([2H])c2[2H])c([2H])c1[2H]. The molecule has 0 aliphatic rings. The van der Waals surface area contributed by atoms with E-state index in [1.54, 1.807) is 18.2 Å². The van der Waals surface area contributed by atoms with Gasteiger partial charge in [0.25, 0.3) is 0 Å². The molecule has 0 saturated heterocycles. The summed E-state index contributed by atoms with van der Waals surface area (Å²) in [6.45, 7) is 0. The minimum absolute atomic E-state index is 0.106. The first kappa shape index (κ1) is 20.7. The zero-order valence-corrected chi connectivity index (χ0v) is 33.5. The Labute approximate surface area is 401 Å². The Morgan fingerprint density at radius 1 is 0.397 bits per heavy atom. The van der Waals surface area contributed by atoms with Crippen LogP contribution in [0, 0.1) is 0 Å². The highest BCUT2D eigenvalue weighted by atomic mass is 32.1. The second kappa shape index (κ2) is 15.5. The zero-order valence-electron chi connectivity index (χ0n) is 54.7. The molecule has 296 valence electrons. The number of nitrogens with zero attached hydrogens (tertiary/aromatic N) is 2. The van der Waals surface area contributed by atoms with Crippen LogP contribution in [0.3, 0.4) is 0 Å². The molecule has 0 aliphatic heterocycles. The summed E-state index contributed by atoms with van der Waals surface area (Å²) in [7, 11) is 0. The molecule has 0 radical (unpaired) electrons. The highest BCUT2D eigenvalue weighted by Gasteiger charge is 2.22. The van der Waals surface area contributed by atoms with E-state index in [-0.39, 0.29) is 5.69 Å². The smallest absolute Gasteiger partial charge is 0.0645 e. The predicted octanol–water partition coefficient (Wildman–Crippen LogP) is 17.3. The Morgan fingerprint density at radius 3 is 1.59 bits per heavy atom. The van der Waals surface area contributed by atoms with Gasteiger partial charge in [0.15, 0.2) is 0 Å². The summed E-state index contributed by atoms with van der Waals surface area (Å²) in [4.78, 5) is 0.995. The molecule has 12 aromatic rings.